The van der Waals surface area contributed by atoms with E-state index in [2.05, 4.69) is 15.9 Å². The molecule has 0 unspecified atom stereocenters. The number of amides is 1. The summed E-state index contributed by atoms with van der Waals surface area (Å²) in [5.41, 5.74) is 3.72. The predicted molar refractivity (Wildman–Crippen MR) is 152 cm³/mol. The fraction of sp³-hybridized carbons (Fsp3) is 0.296. The number of fused-ring (bicyclic) bond motifs is 1. The first-order valence-electron chi connectivity index (χ1n) is 11.7. The maximum Gasteiger partial charge on any atom is 0.271 e. The Bertz CT molecular complexity index is 1520. The molecule has 0 aliphatic carbocycles. The molecule has 1 amide bonds. The van der Waals surface area contributed by atoms with Crippen molar-refractivity contribution in [3.63, 3.8) is 0 Å². The number of allylic oxidation sites excluding steroid dienone is 1. The van der Waals surface area contributed by atoms with Crippen molar-refractivity contribution in [2.45, 2.75) is 26.8 Å². The van der Waals surface area contributed by atoms with Crippen molar-refractivity contribution in [2.24, 2.45) is 4.99 Å². The van der Waals surface area contributed by atoms with Crippen LogP contribution < -0.4 is 19.8 Å². The minimum absolute atomic E-state index is 0.112. The van der Waals surface area contributed by atoms with E-state index in [0.29, 0.717) is 38.7 Å². The van der Waals surface area contributed by atoms with Gasteiger partial charge in [0.2, 0.25) is 0 Å². The zero-order valence-corrected chi connectivity index (χ0v) is 24.0. The Hall–Kier alpha value is -2.68. The minimum atomic E-state index is -0.586. The van der Waals surface area contributed by atoms with Gasteiger partial charge >= 0.3 is 0 Å². The first-order valence-corrected chi connectivity index (χ1v) is 13.7. The van der Waals surface area contributed by atoms with Crippen LogP contribution in [0, 0.1) is 0 Å². The van der Waals surface area contributed by atoms with E-state index in [1.807, 2.05) is 76.2 Å². The van der Waals surface area contributed by atoms with Crippen LogP contribution in [0.4, 0.5) is 5.69 Å². The number of likely N-dealkylation sites (N-methyl/N-ethyl adjacent to an activating group) is 1. The Balaban J connectivity index is 1.92. The number of carbonyl (C=O) groups excluding carboxylic acids is 1. The van der Waals surface area contributed by atoms with Gasteiger partial charge in [0.15, 0.2) is 4.80 Å². The van der Waals surface area contributed by atoms with Crippen molar-refractivity contribution >= 4 is 56.5 Å². The molecule has 1 aliphatic heterocycles. The SMILES string of the molecule is CCN(CC)C(=O)C1=C(C)N=c2s/c(=C/c3ccc(N(C)C)c(Br)c3)c(=O)n2[C@@H]1c1ccc(Cl)cc1. The summed E-state index contributed by atoms with van der Waals surface area (Å²) in [4.78, 5) is 36.5. The highest BCUT2D eigenvalue weighted by atomic mass is 79.9. The average Bonchev–Trinajstić information content (AvgIpc) is 3.13. The highest BCUT2D eigenvalue weighted by molar-refractivity contribution is 9.10. The number of halogens is 2. The molecule has 2 heterocycles. The van der Waals surface area contributed by atoms with Gasteiger partial charge in [0, 0.05) is 36.7 Å². The number of rotatable bonds is 6. The number of thiazole rings is 1. The van der Waals surface area contributed by atoms with E-state index in [9.17, 15) is 9.59 Å². The Morgan fingerprint density at radius 2 is 1.83 bits per heavy atom. The van der Waals surface area contributed by atoms with E-state index in [4.69, 9.17) is 16.6 Å². The van der Waals surface area contributed by atoms with E-state index in [1.54, 1.807) is 21.6 Å². The van der Waals surface area contributed by atoms with E-state index >= 15 is 0 Å². The highest BCUT2D eigenvalue weighted by Gasteiger charge is 2.34. The molecule has 0 fully saturated rings. The number of hydrogen-bond donors (Lipinski definition) is 0. The van der Waals surface area contributed by atoms with Crippen LogP contribution in [0.25, 0.3) is 6.08 Å². The zero-order chi connectivity index (χ0) is 26.1. The number of hydrogen-bond acceptors (Lipinski definition) is 5. The van der Waals surface area contributed by atoms with Crippen molar-refractivity contribution in [3.05, 3.63) is 94.0 Å². The molecule has 0 N–H and O–H groups in total. The van der Waals surface area contributed by atoms with Crippen molar-refractivity contribution < 1.29 is 4.79 Å². The molecular weight excluding hydrogens is 560 g/mol. The number of benzene rings is 2. The van der Waals surface area contributed by atoms with Gasteiger partial charge in [-0.25, -0.2) is 4.99 Å². The van der Waals surface area contributed by atoms with E-state index in [-0.39, 0.29) is 11.5 Å². The molecule has 6 nitrogen and oxygen atoms in total. The van der Waals surface area contributed by atoms with Gasteiger partial charge in [-0.2, -0.15) is 0 Å². The molecule has 9 heteroatoms. The van der Waals surface area contributed by atoms with Gasteiger partial charge in [0.1, 0.15) is 0 Å². The topological polar surface area (TPSA) is 57.9 Å². The number of nitrogens with zero attached hydrogens (tertiary/aromatic N) is 4. The molecule has 1 aromatic heterocycles. The Morgan fingerprint density at radius 1 is 1.17 bits per heavy atom. The lowest BCUT2D eigenvalue weighted by molar-refractivity contribution is -0.127. The van der Waals surface area contributed by atoms with Crippen LogP contribution in [-0.4, -0.2) is 42.6 Å². The summed E-state index contributed by atoms with van der Waals surface area (Å²) in [7, 11) is 3.96. The lowest BCUT2D eigenvalue weighted by Gasteiger charge is -2.29. The van der Waals surface area contributed by atoms with Crippen molar-refractivity contribution in [3.8, 4) is 0 Å². The van der Waals surface area contributed by atoms with Gasteiger partial charge in [0.25, 0.3) is 11.5 Å². The largest absolute Gasteiger partial charge is 0.377 e. The molecule has 1 aliphatic rings. The van der Waals surface area contributed by atoms with E-state index in [1.165, 1.54) is 11.3 Å². The first-order chi connectivity index (χ1) is 17.2. The summed E-state index contributed by atoms with van der Waals surface area (Å²) < 4.78 is 3.14. The first kappa shape index (κ1) is 26.4. The molecule has 0 spiro atoms. The van der Waals surface area contributed by atoms with Crippen molar-refractivity contribution in [1.82, 2.24) is 9.47 Å². The molecule has 1 atom stereocenters. The number of anilines is 1. The summed E-state index contributed by atoms with van der Waals surface area (Å²) in [5, 5.41) is 0.593. The molecule has 2 aromatic carbocycles. The molecule has 0 bridgehead atoms. The van der Waals surface area contributed by atoms with Crippen LogP contribution >= 0.6 is 38.9 Å². The quantitative estimate of drug-likeness (QED) is 0.424. The van der Waals surface area contributed by atoms with Crippen LogP contribution in [0.2, 0.25) is 5.02 Å². The maximum atomic E-state index is 13.8. The molecular formula is C27H28BrClN4O2S. The molecule has 36 heavy (non-hydrogen) atoms. The van der Waals surface area contributed by atoms with Gasteiger partial charge in [-0.3, -0.25) is 14.2 Å². The van der Waals surface area contributed by atoms with Gasteiger partial charge in [-0.15, -0.1) is 0 Å². The van der Waals surface area contributed by atoms with Gasteiger partial charge < -0.3 is 9.80 Å². The predicted octanol–water partition coefficient (Wildman–Crippen LogP) is 4.59. The molecule has 0 radical (unpaired) electrons. The highest BCUT2D eigenvalue weighted by Crippen LogP contribution is 2.32. The molecule has 3 aromatic rings. The Labute approximate surface area is 228 Å². The summed E-state index contributed by atoms with van der Waals surface area (Å²) in [6.45, 7) is 6.88. The maximum absolute atomic E-state index is 13.8. The summed E-state index contributed by atoms with van der Waals surface area (Å²) >= 11 is 11.1. The second-order valence-electron chi connectivity index (χ2n) is 8.72. The normalized spacial score (nSPS) is 15.5. The fourth-order valence-electron chi connectivity index (χ4n) is 4.36. The van der Waals surface area contributed by atoms with Crippen LogP contribution in [0.15, 0.2) is 68.0 Å². The van der Waals surface area contributed by atoms with E-state index in [0.717, 1.165) is 21.3 Å². The zero-order valence-electron chi connectivity index (χ0n) is 20.9. The van der Waals surface area contributed by atoms with E-state index < -0.39 is 6.04 Å². The standard InChI is InChI=1S/C27H28BrClN4O2S/c1-6-32(7-2)26(35)23-16(3)30-27-33(24(23)18-9-11-19(29)12-10-18)25(34)22(36-27)15-17-8-13-21(31(4)5)20(28)14-17/h8-15,24H,6-7H2,1-5H3/b22-15+/t24-/m1/s1. The summed E-state index contributed by atoms with van der Waals surface area (Å²) in [6.07, 6.45) is 1.87. The third-order valence-corrected chi connectivity index (χ3v) is 8.11. The summed E-state index contributed by atoms with van der Waals surface area (Å²) in [6, 6.07) is 12.7. The van der Waals surface area contributed by atoms with Crippen LogP contribution in [0.3, 0.4) is 0 Å². The van der Waals surface area contributed by atoms with Crippen LogP contribution in [-0.2, 0) is 4.79 Å². The lowest BCUT2D eigenvalue weighted by Crippen LogP contribution is -2.43. The van der Waals surface area contributed by atoms with Crippen LogP contribution in [0.5, 0.6) is 0 Å². The molecule has 188 valence electrons. The molecule has 0 saturated carbocycles. The van der Waals surface area contributed by atoms with Crippen LogP contribution in [0.1, 0.15) is 37.9 Å². The number of aromatic nitrogens is 1. The number of carbonyl (C=O) groups is 1. The third kappa shape index (κ3) is 4.94. The van der Waals surface area contributed by atoms with Gasteiger partial charge in [0.05, 0.1) is 27.5 Å². The Kier molecular flexibility index (Phi) is 7.87. The average molecular weight is 588 g/mol. The molecule has 0 saturated heterocycles. The monoisotopic (exact) mass is 586 g/mol. The van der Waals surface area contributed by atoms with Crippen molar-refractivity contribution in [1.29, 1.82) is 0 Å². The third-order valence-electron chi connectivity index (χ3n) is 6.24. The smallest absolute Gasteiger partial charge is 0.271 e. The summed E-state index contributed by atoms with van der Waals surface area (Å²) in [5.74, 6) is -0.112. The second-order valence-corrected chi connectivity index (χ2v) is 11.0. The molecule has 4 rings (SSSR count). The Morgan fingerprint density at radius 3 is 2.42 bits per heavy atom. The minimum Gasteiger partial charge on any atom is -0.377 e. The van der Waals surface area contributed by atoms with Crippen molar-refractivity contribution in [2.75, 3.05) is 32.1 Å². The van der Waals surface area contributed by atoms with Gasteiger partial charge in [-0.1, -0.05) is 41.1 Å². The van der Waals surface area contributed by atoms with Gasteiger partial charge in [-0.05, 0) is 78.2 Å². The second kappa shape index (κ2) is 10.7. The lowest BCUT2D eigenvalue weighted by atomic mass is 9.94. The fourth-order valence-corrected chi connectivity index (χ4v) is 6.29.